The fourth-order valence-corrected chi connectivity index (χ4v) is 2.74. The maximum Gasteiger partial charge on any atom is 0.274 e. The van der Waals surface area contributed by atoms with E-state index in [1.54, 1.807) is 16.6 Å². The Morgan fingerprint density at radius 1 is 1.50 bits per heavy atom. The van der Waals surface area contributed by atoms with Crippen LogP contribution in [0.5, 0.6) is 0 Å². The molecule has 1 aromatic rings. The van der Waals surface area contributed by atoms with Gasteiger partial charge in [-0.15, -0.1) is 0 Å². The molecule has 5 nitrogen and oxygen atoms in total. The van der Waals surface area contributed by atoms with Crippen LogP contribution in [0.2, 0.25) is 0 Å². The van der Waals surface area contributed by atoms with Gasteiger partial charge in [0, 0.05) is 20.6 Å². The van der Waals surface area contributed by atoms with Crippen molar-refractivity contribution in [2.75, 3.05) is 19.3 Å². The van der Waals surface area contributed by atoms with Gasteiger partial charge in [0.05, 0.1) is 11.9 Å². The van der Waals surface area contributed by atoms with E-state index in [2.05, 4.69) is 5.10 Å². The molecule has 0 aliphatic heterocycles. The van der Waals surface area contributed by atoms with Gasteiger partial charge in [-0.2, -0.15) is 5.10 Å². The number of aromatic nitrogens is 2. The average Bonchev–Trinajstić information content (AvgIpc) is 2.69. The Kier molecular flexibility index (Phi) is 3.89. The van der Waals surface area contributed by atoms with Gasteiger partial charge in [0.2, 0.25) is 0 Å². The smallest absolute Gasteiger partial charge is 0.274 e. The lowest BCUT2D eigenvalue weighted by molar-refractivity contribution is 0.0751. The summed E-state index contributed by atoms with van der Waals surface area (Å²) >= 11 is 0. The minimum Gasteiger partial charge on any atom is -0.396 e. The Hall–Kier alpha value is -1.52. The summed E-state index contributed by atoms with van der Waals surface area (Å²) in [5, 5.41) is 4.01. The number of rotatable bonds is 3. The van der Waals surface area contributed by atoms with Crippen molar-refractivity contribution < 1.29 is 4.79 Å². The molecule has 0 aromatic carbocycles. The molecule has 1 aliphatic carbocycles. The predicted molar refractivity (Wildman–Crippen MR) is 71.2 cm³/mol. The lowest BCUT2D eigenvalue weighted by atomic mass is 9.89. The molecule has 18 heavy (non-hydrogen) atoms. The van der Waals surface area contributed by atoms with Gasteiger partial charge in [0.15, 0.2) is 0 Å². The number of nitrogens with zero attached hydrogens (tertiary/aromatic N) is 3. The highest BCUT2D eigenvalue weighted by molar-refractivity contribution is 5.97. The Morgan fingerprint density at radius 2 is 2.17 bits per heavy atom. The molecule has 2 N–H and O–H groups in total. The highest BCUT2D eigenvalue weighted by Crippen LogP contribution is 2.24. The number of amides is 1. The zero-order valence-electron chi connectivity index (χ0n) is 11.2. The zero-order valence-corrected chi connectivity index (χ0v) is 11.2. The summed E-state index contributed by atoms with van der Waals surface area (Å²) in [6.07, 6.45) is 7.92. The molecule has 0 bridgehead atoms. The van der Waals surface area contributed by atoms with Crippen molar-refractivity contribution in [3.05, 3.63) is 11.9 Å². The van der Waals surface area contributed by atoms with Crippen molar-refractivity contribution in [3.63, 3.8) is 0 Å². The maximum absolute atomic E-state index is 12.3. The quantitative estimate of drug-likeness (QED) is 0.887. The van der Waals surface area contributed by atoms with Crippen LogP contribution in [0.4, 0.5) is 5.69 Å². The van der Waals surface area contributed by atoms with Gasteiger partial charge in [0.25, 0.3) is 5.91 Å². The number of aryl methyl sites for hydroxylation is 1. The normalized spacial score (nSPS) is 16.8. The maximum atomic E-state index is 12.3. The molecule has 1 fully saturated rings. The molecule has 0 radical (unpaired) electrons. The Morgan fingerprint density at radius 3 is 2.72 bits per heavy atom. The standard InChI is InChI=1S/C13H22N4O/c1-16(9-10-6-4-3-5-7-10)13(18)12-11(14)8-15-17(12)2/h8,10H,3-7,9,14H2,1-2H3. The third-order valence-electron chi connectivity index (χ3n) is 3.77. The topological polar surface area (TPSA) is 64.2 Å². The van der Waals surface area contributed by atoms with E-state index in [0.29, 0.717) is 17.3 Å². The molecule has 2 rings (SSSR count). The van der Waals surface area contributed by atoms with Gasteiger partial charge in [0.1, 0.15) is 5.69 Å². The van der Waals surface area contributed by atoms with Crippen LogP contribution in [0.25, 0.3) is 0 Å². The van der Waals surface area contributed by atoms with Crippen LogP contribution in [0.15, 0.2) is 6.20 Å². The van der Waals surface area contributed by atoms with Crippen LogP contribution < -0.4 is 5.73 Å². The number of carbonyl (C=O) groups is 1. The van der Waals surface area contributed by atoms with Crippen molar-refractivity contribution >= 4 is 11.6 Å². The van der Waals surface area contributed by atoms with E-state index in [9.17, 15) is 4.79 Å². The number of nitrogens with two attached hydrogens (primary N) is 1. The SMILES string of the molecule is CN(CC1CCCCC1)C(=O)c1c(N)cnn1C. The molecule has 1 aromatic heterocycles. The van der Waals surface area contributed by atoms with Crippen LogP contribution in [0.3, 0.4) is 0 Å². The van der Waals surface area contributed by atoms with Gasteiger partial charge in [-0.25, -0.2) is 0 Å². The third-order valence-corrected chi connectivity index (χ3v) is 3.77. The van der Waals surface area contributed by atoms with E-state index < -0.39 is 0 Å². The Bertz CT molecular complexity index is 401. The Balaban J connectivity index is 2.00. The first kappa shape index (κ1) is 12.9. The summed E-state index contributed by atoms with van der Waals surface area (Å²) in [5.41, 5.74) is 6.73. The van der Waals surface area contributed by atoms with Crippen LogP contribution in [0, 0.1) is 5.92 Å². The highest BCUT2D eigenvalue weighted by Gasteiger charge is 2.22. The van der Waals surface area contributed by atoms with E-state index in [1.165, 1.54) is 38.3 Å². The second-order valence-electron chi connectivity index (χ2n) is 5.26. The minimum atomic E-state index is -0.0296. The number of anilines is 1. The minimum absolute atomic E-state index is 0.0296. The molecule has 0 saturated heterocycles. The first-order chi connectivity index (χ1) is 8.59. The van der Waals surface area contributed by atoms with Crippen molar-refractivity contribution in [3.8, 4) is 0 Å². The zero-order chi connectivity index (χ0) is 13.1. The predicted octanol–water partition coefficient (Wildman–Crippen LogP) is 1.65. The molecule has 0 unspecified atom stereocenters. The van der Waals surface area contributed by atoms with Crippen molar-refractivity contribution in [1.29, 1.82) is 0 Å². The van der Waals surface area contributed by atoms with Crippen molar-refractivity contribution in [2.24, 2.45) is 13.0 Å². The van der Waals surface area contributed by atoms with E-state index in [0.717, 1.165) is 6.54 Å². The molecular formula is C13H22N4O. The summed E-state index contributed by atoms with van der Waals surface area (Å²) in [6, 6.07) is 0. The van der Waals surface area contributed by atoms with Crippen LogP contribution in [-0.4, -0.2) is 34.2 Å². The van der Waals surface area contributed by atoms with Gasteiger partial charge in [-0.3, -0.25) is 9.48 Å². The molecule has 1 saturated carbocycles. The van der Waals surface area contributed by atoms with Crippen LogP contribution >= 0.6 is 0 Å². The number of hydrogen-bond acceptors (Lipinski definition) is 3. The van der Waals surface area contributed by atoms with Gasteiger partial charge >= 0.3 is 0 Å². The summed E-state index contributed by atoms with van der Waals surface area (Å²) in [5.74, 6) is 0.611. The monoisotopic (exact) mass is 250 g/mol. The first-order valence-corrected chi connectivity index (χ1v) is 6.62. The van der Waals surface area contributed by atoms with E-state index in [1.807, 2.05) is 7.05 Å². The third kappa shape index (κ3) is 2.66. The highest BCUT2D eigenvalue weighted by atomic mass is 16.2. The molecule has 0 atom stereocenters. The van der Waals surface area contributed by atoms with E-state index >= 15 is 0 Å². The number of hydrogen-bond donors (Lipinski definition) is 1. The fraction of sp³-hybridized carbons (Fsp3) is 0.692. The molecule has 1 heterocycles. The van der Waals surface area contributed by atoms with E-state index in [4.69, 9.17) is 5.73 Å². The number of carbonyl (C=O) groups excluding carboxylic acids is 1. The Labute approximate surface area is 108 Å². The van der Waals surface area contributed by atoms with Crippen LogP contribution in [0.1, 0.15) is 42.6 Å². The van der Waals surface area contributed by atoms with Gasteiger partial charge in [-0.05, 0) is 18.8 Å². The molecular weight excluding hydrogens is 228 g/mol. The second kappa shape index (κ2) is 5.42. The van der Waals surface area contributed by atoms with Gasteiger partial charge < -0.3 is 10.6 Å². The summed E-state index contributed by atoms with van der Waals surface area (Å²) < 4.78 is 1.55. The lowest BCUT2D eigenvalue weighted by Crippen LogP contribution is -2.34. The summed E-state index contributed by atoms with van der Waals surface area (Å²) in [7, 11) is 3.60. The number of nitrogen functional groups attached to an aromatic ring is 1. The summed E-state index contributed by atoms with van der Waals surface area (Å²) in [6.45, 7) is 0.823. The lowest BCUT2D eigenvalue weighted by Gasteiger charge is -2.27. The molecule has 100 valence electrons. The first-order valence-electron chi connectivity index (χ1n) is 6.62. The molecule has 1 amide bonds. The van der Waals surface area contributed by atoms with Crippen molar-refractivity contribution in [2.45, 2.75) is 32.1 Å². The van der Waals surface area contributed by atoms with E-state index in [-0.39, 0.29) is 5.91 Å². The molecule has 0 spiro atoms. The largest absolute Gasteiger partial charge is 0.396 e. The molecule has 1 aliphatic rings. The summed E-state index contributed by atoms with van der Waals surface area (Å²) in [4.78, 5) is 14.1. The second-order valence-corrected chi connectivity index (χ2v) is 5.26. The average molecular weight is 250 g/mol. The molecule has 5 heteroatoms. The van der Waals surface area contributed by atoms with Crippen molar-refractivity contribution in [1.82, 2.24) is 14.7 Å². The van der Waals surface area contributed by atoms with Crippen LogP contribution in [-0.2, 0) is 7.05 Å². The fourth-order valence-electron chi connectivity index (χ4n) is 2.74. The van der Waals surface area contributed by atoms with Gasteiger partial charge in [-0.1, -0.05) is 19.3 Å².